The van der Waals surface area contributed by atoms with E-state index >= 15 is 0 Å². The third-order valence-electron chi connectivity index (χ3n) is 3.71. The molecule has 0 bridgehead atoms. The van der Waals surface area contributed by atoms with Crippen LogP contribution in [0.25, 0.3) is 10.9 Å². The summed E-state index contributed by atoms with van der Waals surface area (Å²) >= 11 is 6.26. The first-order valence-corrected chi connectivity index (χ1v) is 7.97. The minimum absolute atomic E-state index is 0.00122. The third kappa shape index (κ3) is 3.02. The van der Waals surface area contributed by atoms with Gasteiger partial charge in [0.25, 0.3) is 0 Å². The number of hydrogen-bond donors (Lipinski definition) is 1. The first kappa shape index (κ1) is 16.8. The monoisotopic (exact) mass is 355 g/mol. The van der Waals surface area contributed by atoms with Crippen molar-refractivity contribution in [1.82, 2.24) is 9.55 Å². The lowest BCUT2D eigenvalue weighted by atomic mass is 10.2. The molecular weight excluding hydrogens is 342 g/mol. The van der Waals surface area contributed by atoms with Crippen LogP contribution < -0.4 is 0 Å². The van der Waals surface area contributed by atoms with Crippen LogP contribution in [0.3, 0.4) is 0 Å². The first-order chi connectivity index (χ1) is 12.1. The molecule has 126 valence electrons. The second-order valence-electron chi connectivity index (χ2n) is 5.30. The van der Waals surface area contributed by atoms with Gasteiger partial charge in [-0.1, -0.05) is 41.9 Å². The highest BCUT2D eigenvalue weighted by Gasteiger charge is 2.24. The van der Waals surface area contributed by atoms with Crippen LogP contribution in [0.5, 0.6) is 5.75 Å². The van der Waals surface area contributed by atoms with Crippen LogP contribution in [0.2, 0.25) is 5.02 Å². The number of pyridine rings is 1. The smallest absolute Gasteiger partial charge is 0.360 e. The number of halogens is 1. The molecule has 25 heavy (non-hydrogen) atoms. The Morgan fingerprint density at radius 3 is 2.76 bits per heavy atom. The summed E-state index contributed by atoms with van der Waals surface area (Å²) in [5.74, 6) is -1.19. The molecule has 0 atom stereocenters. The number of nitrogens with zero attached hydrogens (tertiary/aromatic N) is 3. The van der Waals surface area contributed by atoms with Crippen molar-refractivity contribution in [2.45, 2.75) is 13.5 Å². The van der Waals surface area contributed by atoms with E-state index in [1.54, 1.807) is 17.7 Å². The topological polar surface area (TPSA) is 88.1 Å². The van der Waals surface area contributed by atoms with Gasteiger partial charge >= 0.3 is 5.97 Å². The molecule has 7 heteroatoms. The number of benzene rings is 1. The number of aromatic nitrogens is 2. The predicted octanol–water partition coefficient (Wildman–Crippen LogP) is 3.49. The van der Waals surface area contributed by atoms with Gasteiger partial charge in [0.1, 0.15) is 6.07 Å². The fraction of sp³-hybridized carbons (Fsp3) is 0.167. The minimum Gasteiger partial charge on any atom is -0.505 e. The fourth-order valence-corrected chi connectivity index (χ4v) is 2.96. The van der Waals surface area contributed by atoms with Gasteiger partial charge in [-0.2, -0.15) is 5.26 Å². The highest BCUT2D eigenvalue weighted by atomic mass is 35.5. The van der Waals surface area contributed by atoms with E-state index in [0.717, 1.165) is 5.56 Å². The number of ether oxygens (including phenoxy) is 1. The molecule has 0 saturated carbocycles. The van der Waals surface area contributed by atoms with E-state index in [-0.39, 0.29) is 34.2 Å². The van der Waals surface area contributed by atoms with E-state index in [0.29, 0.717) is 12.1 Å². The number of carbonyl (C=O) groups excluding carboxylic acids is 1. The van der Waals surface area contributed by atoms with E-state index in [9.17, 15) is 15.2 Å². The molecule has 0 saturated heterocycles. The highest BCUT2D eigenvalue weighted by molar-refractivity contribution is 6.36. The molecule has 0 spiro atoms. The molecule has 3 rings (SSSR count). The lowest BCUT2D eigenvalue weighted by Gasteiger charge is -2.09. The summed E-state index contributed by atoms with van der Waals surface area (Å²) in [7, 11) is 0. The summed E-state index contributed by atoms with van der Waals surface area (Å²) < 4.78 is 6.61. The Morgan fingerprint density at radius 2 is 2.12 bits per heavy atom. The van der Waals surface area contributed by atoms with Crippen LogP contribution >= 0.6 is 11.6 Å². The average molecular weight is 356 g/mol. The van der Waals surface area contributed by atoms with E-state index in [1.807, 2.05) is 36.4 Å². The van der Waals surface area contributed by atoms with Gasteiger partial charge in [-0.05, 0) is 12.5 Å². The van der Waals surface area contributed by atoms with Crippen molar-refractivity contribution < 1.29 is 14.6 Å². The molecule has 0 radical (unpaired) electrons. The molecular formula is C18H14ClN3O3. The summed E-state index contributed by atoms with van der Waals surface area (Å²) in [4.78, 5) is 16.0. The zero-order valence-corrected chi connectivity index (χ0v) is 14.1. The van der Waals surface area contributed by atoms with Gasteiger partial charge in [0.15, 0.2) is 17.1 Å². The number of fused-ring (bicyclic) bond motifs is 1. The molecule has 0 amide bonds. The lowest BCUT2D eigenvalue weighted by molar-refractivity contribution is 0.0516. The molecule has 0 unspecified atom stereocenters. The lowest BCUT2D eigenvalue weighted by Crippen LogP contribution is -2.09. The fourth-order valence-electron chi connectivity index (χ4n) is 2.66. The third-order valence-corrected chi connectivity index (χ3v) is 4.00. The van der Waals surface area contributed by atoms with Crippen molar-refractivity contribution in [2.24, 2.45) is 0 Å². The molecule has 6 nitrogen and oxygen atoms in total. The first-order valence-electron chi connectivity index (χ1n) is 7.59. The van der Waals surface area contributed by atoms with Gasteiger partial charge in [0.2, 0.25) is 0 Å². The van der Waals surface area contributed by atoms with Crippen molar-refractivity contribution in [3.05, 3.63) is 58.5 Å². The SMILES string of the molecule is CCOC(=O)c1nc(C#N)c2c(c(Cl)cn2Cc2ccccc2)c1O. The van der Waals surface area contributed by atoms with Crippen LogP contribution in [0.15, 0.2) is 36.5 Å². The van der Waals surface area contributed by atoms with Crippen molar-refractivity contribution in [1.29, 1.82) is 5.26 Å². The summed E-state index contributed by atoms with van der Waals surface area (Å²) in [6.07, 6.45) is 1.61. The zero-order chi connectivity index (χ0) is 18.0. The van der Waals surface area contributed by atoms with E-state index in [4.69, 9.17) is 16.3 Å². The largest absolute Gasteiger partial charge is 0.505 e. The maximum absolute atomic E-state index is 12.0. The van der Waals surface area contributed by atoms with Crippen LogP contribution in [0.1, 0.15) is 28.7 Å². The van der Waals surface area contributed by atoms with Crippen molar-refractivity contribution in [2.75, 3.05) is 6.61 Å². The van der Waals surface area contributed by atoms with Crippen molar-refractivity contribution in [3.8, 4) is 11.8 Å². The Kier molecular flexibility index (Phi) is 4.59. The number of rotatable bonds is 4. The van der Waals surface area contributed by atoms with Crippen LogP contribution in [-0.2, 0) is 11.3 Å². The molecule has 3 aromatic rings. The predicted molar refractivity (Wildman–Crippen MR) is 92.6 cm³/mol. The van der Waals surface area contributed by atoms with E-state index in [1.165, 1.54) is 0 Å². The van der Waals surface area contributed by atoms with Gasteiger partial charge < -0.3 is 14.4 Å². The van der Waals surface area contributed by atoms with Crippen LogP contribution in [0.4, 0.5) is 0 Å². The number of carbonyl (C=O) groups is 1. The summed E-state index contributed by atoms with van der Waals surface area (Å²) in [6.45, 7) is 2.21. The Labute approximate surface area is 148 Å². The van der Waals surface area contributed by atoms with Crippen molar-refractivity contribution >= 4 is 28.5 Å². The number of hydrogen-bond acceptors (Lipinski definition) is 5. The average Bonchev–Trinajstić information content (AvgIpc) is 2.93. The maximum atomic E-state index is 12.0. The Morgan fingerprint density at radius 1 is 1.40 bits per heavy atom. The number of aromatic hydroxyl groups is 1. The molecule has 1 aromatic carbocycles. The van der Waals surface area contributed by atoms with Gasteiger partial charge in [0, 0.05) is 12.7 Å². The normalized spacial score (nSPS) is 10.6. The van der Waals surface area contributed by atoms with Gasteiger partial charge in [-0.3, -0.25) is 0 Å². The second-order valence-corrected chi connectivity index (χ2v) is 5.71. The Hall–Kier alpha value is -3.04. The Balaban J connectivity index is 2.21. The minimum atomic E-state index is -0.801. The number of nitriles is 1. The molecule has 0 fully saturated rings. The zero-order valence-electron chi connectivity index (χ0n) is 13.4. The molecule has 2 aromatic heterocycles. The highest BCUT2D eigenvalue weighted by Crippen LogP contribution is 2.37. The van der Waals surface area contributed by atoms with Gasteiger partial charge in [-0.15, -0.1) is 0 Å². The molecule has 0 aliphatic rings. The summed E-state index contributed by atoms with van der Waals surface area (Å²) in [5, 5.41) is 20.4. The molecule has 0 aliphatic carbocycles. The second kappa shape index (κ2) is 6.83. The molecule has 0 aliphatic heterocycles. The van der Waals surface area contributed by atoms with Crippen LogP contribution in [-0.4, -0.2) is 27.2 Å². The maximum Gasteiger partial charge on any atom is 0.360 e. The quantitative estimate of drug-likeness (QED) is 0.724. The van der Waals surface area contributed by atoms with E-state index < -0.39 is 5.97 Å². The van der Waals surface area contributed by atoms with Gasteiger partial charge in [-0.25, -0.2) is 9.78 Å². The summed E-state index contributed by atoms with van der Waals surface area (Å²) in [5.41, 5.74) is 1.06. The standard InChI is InChI=1S/C18H14ClN3O3/c1-2-25-18(24)15-17(23)14-12(19)10-22(16(14)13(8-20)21-15)9-11-6-4-3-5-7-11/h3-7,10,23H,2,9H2,1H3. The van der Waals surface area contributed by atoms with Crippen LogP contribution in [0, 0.1) is 11.3 Å². The molecule has 2 heterocycles. The number of esters is 1. The summed E-state index contributed by atoms with van der Waals surface area (Å²) in [6, 6.07) is 11.6. The van der Waals surface area contributed by atoms with Gasteiger partial charge in [0.05, 0.1) is 22.5 Å². The Bertz CT molecular complexity index is 990. The van der Waals surface area contributed by atoms with Crippen molar-refractivity contribution in [3.63, 3.8) is 0 Å². The molecule has 1 N–H and O–H groups in total. The van der Waals surface area contributed by atoms with E-state index in [2.05, 4.69) is 4.98 Å².